The fourth-order valence-electron chi connectivity index (χ4n) is 2.00. The molecule has 0 aromatic heterocycles. The van der Waals surface area contributed by atoms with Crippen molar-refractivity contribution in [3.05, 3.63) is 39.4 Å². The lowest BCUT2D eigenvalue weighted by Gasteiger charge is -2.25. The summed E-state index contributed by atoms with van der Waals surface area (Å²) in [5.41, 5.74) is 1.52. The quantitative estimate of drug-likeness (QED) is 0.864. The van der Waals surface area contributed by atoms with Crippen LogP contribution in [0.3, 0.4) is 0 Å². The molecule has 4 nitrogen and oxygen atoms in total. The molecule has 20 heavy (non-hydrogen) atoms. The molecule has 7 heteroatoms. The molecule has 0 spiro atoms. The van der Waals surface area contributed by atoms with Crippen molar-refractivity contribution in [1.29, 1.82) is 0 Å². The summed E-state index contributed by atoms with van der Waals surface area (Å²) in [6, 6.07) is 2.69. The van der Waals surface area contributed by atoms with Gasteiger partial charge in [0.1, 0.15) is 4.90 Å². The lowest BCUT2D eigenvalue weighted by atomic mass is 10.1. The molecule has 0 unspecified atom stereocenters. The van der Waals surface area contributed by atoms with Crippen molar-refractivity contribution in [2.24, 2.45) is 0 Å². The average Bonchev–Trinajstić information content (AvgIpc) is 2.39. The first-order valence-electron chi connectivity index (χ1n) is 6.11. The molecule has 1 aliphatic rings. The zero-order valence-electron chi connectivity index (χ0n) is 10.9. The van der Waals surface area contributed by atoms with Crippen LogP contribution < -0.4 is 0 Å². The first kappa shape index (κ1) is 15.8. The van der Waals surface area contributed by atoms with Crippen LogP contribution in [0.2, 0.25) is 10.0 Å². The summed E-state index contributed by atoms with van der Waals surface area (Å²) in [6.45, 7) is 2.40. The van der Waals surface area contributed by atoms with Crippen LogP contribution >= 0.6 is 23.2 Å². The molecule has 110 valence electrons. The van der Waals surface area contributed by atoms with Crippen LogP contribution in [0.1, 0.15) is 18.9 Å². The van der Waals surface area contributed by atoms with Crippen LogP contribution in [-0.4, -0.2) is 30.9 Å². The van der Waals surface area contributed by atoms with Gasteiger partial charge in [-0.1, -0.05) is 34.9 Å². The van der Waals surface area contributed by atoms with Crippen LogP contribution in [0.25, 0.3) is 0 Å². The third-order valence-electron chi connectivity index (χ3n) is 3.29. The molecular formula is C13H15Cl2NO3S. The maximum Gasteiger partial charge on any atom is 0.244 e. The summed E-state index contributed by atoms with van der Waals surface area (Å²) in [4.78, 5) is -0.0134. The fourth-order valence-corrected chi connectivity index (χ4v) is 4.21. The summed E-state index contributed by atoms with van der Waals surface area (Å²) < 4.78 is 26.5. The predicted molar refractivity (Wildman–Crippen MR) is 79.5 cm³/mol. The Labute approximate surface area is 128 Å². The van der Waals surface area contributed by atoms with Crippen molar-refractivity contribution >= 4 is 33.2 Å². The minimum atomic E-state index is -3.68. The summed E-state index contributed by atoms with van der Waals surface area (Å²) in [5.74, 6) is 0. The Bertz CT molecular complexity index is 656. The number of sulfonamides is 1. The van der Waals surface area contributed by atoms with E-state index in [1.165, 1.54) is 22.0 Å². The van der Waals surface area contributed by atoms with Gasteiger partial charge in [0.15, 0.2) is 0 Å². The molecule has 1 aromatic rings. The topological polar surface area (TPSA) is 57.6 Å². The second kappa shape index (κ2) is 6.03. The van der Waals surface area contributed by atoms with Crippen LogP contribution in [0.4, 0.5) is 0 Å². The standard InChI is InChI=1S/C13H15Cl2NO3S/c1-9-2-4-16(5-3-9)20(18,19)13-6-10(8-17)11(14)7-12(13)15/h2,6-7,17H,3-5,8H2,1H3. The van der Waals surface area contributed by atoms with Crippen molar-refractivity contribution in [3.63, 3.8) is 0 Å². The molecule has 1 N–H and O–H groups in total. The minimum Gasteiger partial charge on any atom is -0.392 e. The third-order valence-corrected chi connectivity index (χ3v) is 5.97. The molecule has 0 saturated heterocycles. The van der Waals surface area contributed by atoms with Gasteiger partial charge in [0.25, 0.3) is 0 Å². The first-order valence-corrected chi connectivity index (χ1v) is 8.30. The summed E-state index contributed by atoms with van der Waals surface area (Å²) in [6.07, 6.45) is 2.59. The molecular weight excluding hydrogens is 321 g/mol. The highest BCUT2D eigenvalue weighted by molar-refractivity contribution is 7.89. The van der Waals surface area contributed by atoms with Crippen molar-refractivity contribution in [1.82, 2.24) is 4.31 Å². The van der Waals surface area contributed by atoms with Crippen LogP contribution in [0.15, 0.2) is 28.7 Å². The van der Waals surface area contributed by atoms with Gasteiger partial charge < -0.3 is 5.11 Å². The number of rotatable bonds is 3. The number of aliphatic hydroxyl groups excluding tert-OH is 1. The zero-order chi connectivity index (χ0) is 14.9. The largest absolute Gasteiger partial charge is 0.392 e. The van der Waals surface area contributed by atoms with E-state index in [4.69, 9.17) is 23.2 Å². The predicted octanol–water partition coefficient (Wildman–Crippen LogP) is 2.83. The number of benzene rings is 1. The van der Waals surface area contributed by atoms with Crippen LogP contribution in [-0.2, 0) is 16.6 Å². The second-order valence-corrected chi connectivity index (χ2v) is 7.42. The number of aliphatic hydroxyl groups is 1. The SMILES string of the molecule is CC1=CCN(S(=O)(=O)c2cc(CO)c(Cl)cc2Cl)CC1. The van der Waals surface area contributed by atoms with Crippen molar-refractivity contribution < 1.29 is 13.5 Å². The first-order chi connectivity index (χ1) is 9.36. The molecule has 0 aliphatic carbocycles. The summed E-state index contributed by atoms with van der Waals surface area (Å²) in [7, 11) is -3.68. The Morgan fingerprint density at radius 2 is 2.00 bits per heavy atom. The Kier molecular flexibility index (Phi) is 4.76. The highest BCUT2D eigenvalue weighted by Gasteiger charge is 2.28. The van der Waals surface area contributed by atoms with E-state index in [2.05, 4.69) is 0 Å². The molecule has 1 heterocycles. The molecule has 0 amide bonds. The van der Waals surface area contributed by atoms with E-state index < -0.39 is 10.0 Å². The lowest BCUT2D eigenvalue weighted by Crippen LogP contribution is -2.34. The second-order valence-electron chi connectivity index (χ2n) is 4.70. The molecule has 2 rings (SSSR count). The van der Waals surface area contributed by atoms with Gasteiger partial charge in [0.2, 0.25) is 10.0 Å². The number of halogens is 2. The molecule has 0 bridgehead atoms. The van der Waals surface area contributed by atoms with Gasteiger partial charge >= 0.3 is 0 Å². The van der Waals surface area contributed by atoms with Gasteiger partial charge in [-0.25, -0.2) is 8.42 Å². The number of hydrogen-bond donors (Lipinski definition) is 1. The van der Waals surface area contributed by atoms with E-state index >= 15 is 0 Å². The van der Waals surface area contributed by atoms with Gasteiger partial charge in [0, 0.05) is 18.1 Å². The number of nitrogens with zero attached hydrogens (tertiary/aromatic N) is 1. The van der Waals surface area contributed by atoms with Crippen LogP contribution in [0.5, 0.6) is 0 Å². The normalized spacial score (nSPS) is 17.1. The van der Waals surface area contributed by atoms with Gasteiger partial charge in [0.05, 0.1) is 11.6 Å². The van der Waals surface area contributed by atoms with Crippen molar-refractivity contribution in [3.8, 4) is 0 Å². The van der Waals surface area contributed by atoms with Gasteiger partial charge in [-0.3, -0.25) is 0 Å². The van der Waals surface area contributed by atoms with E-state index in [0.717, 1.165) is 0 Å². The monoisotopic (exact) mass is 335 g/mol. The average molecular weight is 336 g/mol. The maximum absolute atomic E-state index is 12.6. The minimum absolute atomic E-state index is 0.0134. The van der Waals surface area contributed by atoms with Crippen molar-refractivity contribution in [2.45, 2.75) is 24.8 Å². The number of hydrogen-bond acceptors (Lipinski definition) is 3. The summed E-state index contributed by atoms with van der Waals surface area (Å²) in [5, 5.41) is 9.52. The van der Waals surface area contributed by atoms with E-state index in [-0.39, 0.29) is 21.5 Å². The molecule has 0 saturated carbocycles. The van der Waals surface area contributed by atoms with Gasteiger partial charge in [-0.2, -0.15) is 4.31 Å². The molecule has 0 radical (unpaired) electrons. The Balaban J connectivity index is 2.44. The Hall–Kier alpha value is -0.590. The van der Waals surface area contributed by atoms with E-state index in [1.807, 2.05) is 13.0 Å². The fraction of sp³-hybridized carbons (Fsp3) is 0.385. The van der Waals surface area contributed by atoms with Crippen molar-refractivity contribution in [2.75, 3.05) is 13.1 Å². The molecule has 0 fully saturated rings. The third kappa shape index (κ3) is 3.02. The molecule has 1 aromatic carbocycles. The highest BCUT2D eigenvalue weighted by atomic mass is 35.5. The van der Waals surface area contributed by atoms with Gasteiger partial charge in [-0.15, -0.1) is 0 Å². The van der Waals surface area contributed by atoms with Crippen LogP contribution in [0, 0.1) is 0 Å². The lowest BCUT2D eigenvalue weighted by molar-refractivity contribution is 0.281. The Morgan fingerprint density at radius 3 is 2.55 bits per heavy atom. The molecule has 0 atom stereocenters. The zero-order valence-corrected chi connectivity index (χ0v) is 13.3. The maximum atomic E-state index is 12.6. The van der Waals surface area contributed by atoms with Gasteiger partial charge in [-0.05, 0) is 31.0 Å². The van der Waals surface area contributed by atoms with E-state index in [0.29, 0.717) is 25.1 Å². The van der Waals surface area contributed by atoms with E-state index in [1.54, 1.807) is 0 Å². The smallest absolute Gasteiger partial charge is 0.244 e. The Morgan fingerprint density at radius 1 is 1.30 bits per heavy atom. The molecule has 1 aliphatic heterocycles. The summed E-state index contributed by atoms with van der Waals surface area (Å²) >= 11 is 11.9. The highest BCUT2D eigenvalue weighted by Crippen LogP contribution is 2.31. The van der Waals surface area contributed by atoms with E-state index in [9.17, 15) is 13.5 Å².